The fraction of sp³-hybridized carbons (Fsp3) is 0.462. The number of thiazole rings is 1. The lowest BCUT2D eigenvalue weighted by molar-refractivity contribution is 0.453. The third-order valence-corrected chi connectivity index (χ3v) is 3.93. The molecule has 1 fully saturated rings. The van der Waals surface area contributed by atoms with E-state index >= 15 is 0 Å². The second-order valence-electron chi connectivity index (χ2n) is 4.73. The number of rotatable bonds is 3. The molecule has 0 saturated carbocycles. The van der Waals surface area contributed by atoms with E-state index in [1.165, 1.54) is 12.8 Å². The minimum atomic E-state index is 0.493. The van der Waals surface area contributed by atoms with Crippen molar-refractivity contribution in [2.75, 3.05) is 18.4 Å². The van der Waals surface area contributed by atoms with E-state index in [-0.39, 0.29) is 0 Å². The Morgan fingerprint density at radius 1 is 1.42 bits per heavy atom. The molecule has 0 aromatic carbocycles. The standard InChI is InChI=1S/C13H17N5S/c1-9-16-11(10-3-2-4-14-8-10)7-12(17-9)18-13-15-5-6-19-13/h5-7,10,14H,2-4,8H2,1H3,(H,15,16,17,18)/t10-/m0/s1. The van der Waals surface area contributed by atoms with Gasteiger partial charge >= 0.3 is 0 Å². The molecule has 2 aromatic rings. The van der Waals surface area contributed by atoms with Crippen molar-refractivity contribution in [3.05, 3.63) is 29.2 Å². The van der Waals surface area contributed by atoms with Gasteiger partial charge in [0.05, 0.1) is 5.69 Å². The molecule has 1 atom stereocenters. The first-order valence-electron chi connectivity index (χ1n) is 6.54. The van der Waals surface area contributed by atoms with Gasteiger partial charge in [0.1, 0.15) is 11.6 Å². The molecule has 0 spiro atoms. The highest BCUT2D eigenvalue weighted by atomic mass is 32.1. The maximum atomic E-state index is 4.58. The fourth-order valence-corrected chi connectivity index (χ4v) is 2.90. The number of nitrogens with one attached hydrogen (secondary N) is 2. The first kappa shape index (κ1) is 12.5. The predicted octanol–water partition coefficient (Wildman–Crippen LogP) is 2.45. The third-order valence-electron chi connectivity index (χ3n) is 3.24. The maximum Gasteiger partial charge on any atom is 0.188 e. The largest absolute Gasteiger partial charge is 0.316 e. The van der Waals surface area contributed by atoms with Gasteiger partial charge in [-0.25, -0.2) is 15.0 Å². The quantitative estimate of drug-likeness (QED) is 0.901. The molecular formula is C13H17N5S. The van der Waals surface area contributed by atoms with E-state index in [2.05, 4.69) is 25.6 Å². The van der Waals surface area contributed by atoms with Crippen molar-refractivity contribution in [1.82, 2.24) is 20.3 Å². The minimum Gasteiger partial charge on any atom is -0.316 e. The van der Waals surface area contributed by atoms with Gasteiger partial charge in [0.15, 0.2) is 5.13 Å². The van der Waals surface area contributed by atoms with Crippen LogP contribution in [0.5, 0.6) is 0 Å². The molecule has 2 N–H and O–H groups in total. The summed E-state index contributed by atoms with van der Waals surface area (Å²) in [6.45, 7) is 4.06. The van der Waals surface area contributed by atoms with E-state index in [1.807, 2.05) is 18.4 Å². The van der Waals surface area contributed by atoms with Crippen molar-refractivity contribution in [2.45, 2.75) is 25.7 Å². The van der Waals surface area contributed by atoms with Crippen LogP contribution in [0.25, 0.3) is 0 Å². The van der Waals surface area contributed by atoms with Gasteiger partial charge in [-0.1, -0.05) is 0 Å². The number of hydrogen-bond donors (Lipinski definition) is 2. The lowest BCUT2D eigenvalue weighted by Crippen LogP contribution is -2.29. The van der Waals surface area contributed by atoms with Crippen LogP contribution in [0.1, 0.15) is 30.3 Å². The summed E-state index contributed by atoms with van der Waals surface area (Å²) in [5, 5.41) is 9.48. The molecule has 0 amide bonds. The summed E-state index contributed by atoms with van der Waals surface area (Å²) in [7, 11) is 0. The molecule has 100 valence electrons. The second-order valence-corrected chi connectivity index (χ2v) is 5.63. The van der Waals surface area contributed by atoms with Crippen molar-refractivity contribution in [3.63, 3.8) is 0 Å². The van der Waals surface area contributed by atoms with Crippen LogP contribution in [0, 0.1) is 6.92 Å². The Morgan fingerprint density at radius 3 is 3.11 bits per heavy atom. The highest BCUT2D eigenvalue weighted by molar-refractivity contribution is 7.13. The maximum absolute atomic E-state index is 4.58. The summed E-state index contributed by atoms with van der Waals surface area (Å²) >= 11 is 1.57. The molecule has 1 aliphatic rings. The molecule has 1 aliphatic heterocycles. The summed E-state index contributed by atoms with van der Waals surface area (Å²) < 4.78 is 0. The molecular weight excluding hydrogens is 258 g/mol. The van der Waals surface area contributed by atoms with Crippen LogP contribution in [0.2, 0.25) is 0 Å². The van der Waals surface area contributed by atoms with Gasteiger partial charge in [0, 0.05) is 30.1 Å². The van der Waals surface area contributed by atoms with Crippen molar-refractivity contribution >= 4 is 22.3 Å². The average molecular weight is 275 g/mol. The van der Waals surface area contributed by atoms with E-state index in [0.717, 1.165) is 35.6 Å². The first-order chi connectivity index (χ1) is 9.31. The van der Waals surface area contributed by atoms with Crippen LogP contribution in [0.3, 0.4) is 0 Å². The topological polar surface area (TPSA) is 62.7 Å². The molecule has 0 radical (unpaired) electrons. The Kier molecular flexibility index (Phi) is 3.70. The normalized spacial score (nSPS) is 19.3. The van der Waals surface area contributed by atoms with Gasteiger partial charge in [0.25, 0.3) is 0 Å². The van der Waals surface area contributed by atoms with Crippen LogP contribution < -0.4 is 10.6 Å². The Labute approximate surface area is 116 Å². The summed E-state index contributed by atoms with van der Waals surface area (Å²) in [6.07, 6.45) is 4.19. The second kappa shape index (κ2) is 5.63. The number of aromatic nitrogens is 3. The lowest BCUT2D eigenvalue weighted by atomic mass is 9.96. The summed E-state index contributed by atoms with van der Waals surface area (Å²) in [4.78, 5) is 13.2. The van der Waals surface area contributed by atoms with E-state index in [4.69, 9.17) is 0 Å². The number of aryl methyl sites for hydroxylation is 1. The first-order valence-corrected chi connectivity index (χ1v) is 7.42. The third kappa shape index (κ3) is 3.08. The molecule has 0 aliphatic carbocycles. The number of piperidine rings is 1. The monoisotopic (exact) mass is 275 g/mol. The summed E-state index contributed by atoms with van der Waals surface area (Å²) in [6, 6.07) is 2.05. The van der Waals surface area contributed by atoms with Gasteiger partial charge in [-0.15, -0.1) is 11.3 Å². The Bertz CT molecular complexity index is 534. The van der Waals surface area contributed by atoms with Gasteiger partial charge in [-0.05, 0) is 26.3 Å². The van der Waals surface area contributed by atoms with Crippen LogP contribution in [0.15, 0.2) is 17.6 Å². The van der Waals surface area contributed by atoms with Gasteiger partial charge in [-0.3, -0.25) is 0 Å². The molecule has 3 rings (SSSR count). The predicted molar refractivity (Wildman–Crippen MR) is 77.0 cm³/mol. The van der Waals surface area contributed by atoms with Gasteiger partial charge in [-0.2, -0.15) is 0 Å². The SMILES string of the molecule is Cc1nc(Nc2nccs2)cc([C@H]2CCCNC2)n1. The lowest BCUT2D eigenvalue weighted by Gasteiger charge is -2.22. The number of nitrogens with zero attached hydrogens (tertiary/aromatic N) is 3. The fourth-order valence-electron chi connectivity index (χ4n) is 2.36. The minimum absolute atomic E-state index is 0.493. The van der Waals surface area contributed by atoms with E-state index in [1.54, 1.807) is 17.5 Å². The highest BCUT2D eigenvalue weighted by Crippen LogP contribution is 2.25. The molecule has 6 heteroatoms. The average Bonchev–Trinajstić information content (AvgIpc) is 2.92. The molecule has 1 saturated heterocycles. The molecule has 0 bridgehead atoms. The zero-order chi connectivity index (χ0) is 13.1. The molecule has 19 heavy (non-hydrogen) atoms. The van der Waals surface area contributed by atoms with E-state index < -0.39 is 0 Å². The smallest absolute Gasteiger partial charge is 0.188 e. The van der Waals surface area contributed by atoms with E-state index in [0.29, 0.717) is 5.92 Å². The van der Waals surface area contributed by atoms with Crippen molar-refractivity contribution in [3.8, 4) is 0 Å². The van der Waals surface area contributed by atoms with Crippen molar-refractivity contribution in [1.29, 1.82) is 0 Å². The molecule has 3 heterocycles. The Balaban J connectivity index is 1.82. The van der Waals surface area contributed by atoms with E-state index in [9.17, 15) is 0 Å². The van der Waals surface area contributed by atoms with Crippen LogP contribution in [-0.2, 0) is 0 Å². The van der Waals surface area contributed by atoms with Crippen molar-refractivity contribution < 1.29 is 0 Å². The van der Waals surface area contributed by atoms with Crippen LogP contribution >= 0.6 is 11.3 Å². The molecule has 0 unspecified atom stereocenters. The Hall–Kier alpha value is -1.53. The Morgan fingerprint density at radius 2 is 2.37 bits per heavy atom. The summed E-state index contributed by atoms with van der Waals surface area (Å²) in [5.41, 5.74) is 1.12. The zero-order valence-corrected chi connectivity index (χ0v) is 11.7. The zero-order valence-electron chi connectivity index (χ0n) is 10.9. The van der Waals surface area contributed by atoms with Gasteiger partial charge < -0.3 is 10.6 Å². The van der Waals surface area contributed by atoms with Crippen molar-refractivity contribution in [2.24, 2.45) is 0 Å². The summed E-state index contributed by atoms with van der Waals surface area (Å²) in [5.74, 6) is 2.14. The van der Waals surface area contributed by atoms with Crippen LogP contribution in [-0.4, -0.2) is 28.0 Å². The molecule has 5 nitrogen and oxygen atoms in total. The number of anilines is 2. The molecule has 2 aromatic heterocycles. The van der Waals surface area contributed by atoms with Crippen LogP contribution in [0.4, 0.5) is 10.9 Å². The highest BCUT2D eigenvalue weighted by Gasteiger charge is 2.17. The number of hydrogen-bond acceptors (Lipinski definition) is 6. The van der Waals surface area contributed by atoms with Gasteiger partial charge in [0.2, 0.25) is 0 Å².